The number of nitrogen functional groups attached to an aromatic ring is 3. The van der Waals surface area contributed by atoms with Gasteiger partial charge in [0.25, 0.3) is 5.56 Å². The number of nitrogens with one attached hydrogen (secondary N) is 1. The molecule has 0 spiro atoms. The molecule has 0 aromatic carbocycles. The highest BCUT2D eigenvalue weighted by Gasteiger charge is 2.50. The van der Waals surface area contributed by atoms with Crippen LogP contribution in [0, 0.1) is 0 Å². The Labute approximate surface area is 605 Å². The van der Waals surface area contributed by atoms with E-state index in [9.17, 15) is 28.8 Å². The lowest BCUT2D eigenvalue weighted by Gasteiger charge is -2.46. The van der Waals surface area contributed by atoms with E-state index in [2.05, 4.69) is 24.8 Å². The number of ether oxygens (including phenoxy) is 7. The summed E-state index contributed by atoms with van der Waals surface area (Å²) in [4.78, 5) is 96.8. The fraction of sp³-hybridized carbons (Fsp3) is 0.707. The first-order valence-corrected chi connectivity index (χ1v) is 40.0. The van der Waals surface area contributed by atoms with Gasteiger partial charge in [-0.1, -0.05) is 0 Å². The number of rotatable bonds is 33. The zero-order valence-corrected chi connectivity index (χ0v) is 64.1. The van der Waals surface area contributed by atoms with Gasteiger partial charge in [0, 0.05) is 95.8 Å². The summed E-state index contributed by atoms with van der Waals surface area (Å²) in [6.07, 6.45) is -4.02. The first-order chi connectivity index (χ1) is 49.7. The van der Waals surface area contributed by atoms with Crippen LogP contribution < -0.4 is 45.5 Å². The van der Waals surface area contributed by atoms with Gasteiger partial charge in [-0.3, -0.25) is 51.2 Å². The summed E-state index contributed by atoms with van der Waals surface area (Å²) in [6, 6.07) is 5.32. The normalized spacial score (nSPS) is 25.4. The number of aliphatic hydroxyl groups is 1. The maximum Gasteiger partial charge on any atom is 0.409 e. The number of H-pyrrole nitrogens is 1. The number of aromatic nitrogens is 8. The van der Waals surface area contributed by atoms with E-state index in [0.717, 1.165) is 19.8 Å². The van der Waals surface area contributed by atoms with Crippen molar-refractivity contribution in [2.45, 2.75) is 69.2 Å². The van der Waals surface area contributed by atoms with Crippen LogP contribution in [0.4, 0.5) is 22.2 Å². The van der Waals surface area contributed by atoms with Crippen LogP contribution in [0.2, 0.25) is 0 Å². The van der Waals surface area contributed by atoms with E-state index < -0.39 is 134 Å². The molecule has 9 heterocycles. The van der Waals surface area contributed by atoms with E-state index >= 15 is 18.3 Å². The maximum absolute atomic E-state index is 16.0. The predicted octanol–water partition coefficient (Wildman–Crippen LogP) is -1.22. The minimum absolute atomic E-state index is 0.0112. The molecular formula is C58H99N21O22P4. The molecule has 9 rings (SSSR count). The average molecular weight is 1570 g/mol. The molecule has 4 unspecified atom stereocenters. The van der Waals surface area contributed by atoms with Crippen molar-refractivity contribution in [2.24, 2.45) is 0 Å². The molecular weight excluding hydrogens is 1470 g/mol. The first kappa shape index (κ1) is 83.2. The van der Waals surface area contributed by atoms with Crippen molar-refractivity contribution in [2.75, 3.05) is 218 Å². The van der Waals surface area contributed by atoms with Crippen molar-refractivity contribution in [3.63, 3.8) is 0 Å². The van der Waals surface area contributed by atoms with Crippen LogP contribution in [0.3, 0.4) is 0 Å². The van der Waals surface area contributed by atoms with E-state index in [4.69, 9.17) is 73.6 Å². The molecule has 0 saturated carbocycles. The summed E-state index contributed by atoms with van der Waals surface area (Å²) in [5.41, 5.74) is 13.8. The summed E-state index contributed by atoms with van der Waals surface area (Å²) in [5, 5.41) is 8.87. The second-order valence-electron chi connectivity index (χ2n) is 26.2. The number of aromatic amines is 1. The SMILES string of the molecule is CC(C)N1C[C@@H](COP(=O)(N(C)C)N2C[C@@H](COP(=O)(N(C)C)N3C[C@@H](COP(=O)(N(C)C)N4C[C@@H](COP(=O)(N(C)C)N5CCN(C(=O)OCCOCCOCCO)CC5)O[C@@H](n5ccc(N)nc5=O)C4)O[C@@H](n4ccc(=O)[nH]c4=O)C3)O[C@@H](n3ccc(N)nc3=O)C2)O[C@@H](n2ccc(N)nc2=O)C1. The van der Waals surface area contributed by atoms with Gasteiger partial charge in [0.15, 0.2) is 24.9 Å². The number of amides is 1. The number of aliphatic hydroxyl groups excluding tert-OH is 1. The molecule has 1 amide bonds. The van der Waals surface area contributed by atoms with Crippen molar-refractivity contribution in [3.8, 4) is 0 Å². The van der Waals surface area contributed by atoms with E-state index in [1.807, 2.05) is 13.8 Å². The lowest BCUT2D eigenvalue weighted by atomic mass is 10.2. The number of piperazine rings is 1. The van der Waals surface area contributed by atoms with Crippen molar-refractivity contribution < 1.29 is 79.4 Å². The highest BCUT2D eigenvalue weighted by atomic mass is 31.2. The second-order valence-corrected chi connectivity index (χ2v) is 36.6. The van der Waals surface area contributed by atoms with Gasteiger partial charge in [-0.15, -0.1) is 0 Å². The van der Waals surface area contributed by atoms with Gasteiger partial charge in [0.1, 0.15) is 24.1 Å². The van der Waals surface area contributed by atoms with Crippen LogP contribution in [0.25, 0.3) is 0 Å². The quantitative estimate of drug-likeness (QED) is 0.0276. The third kappa shape index (κ3) is 20.5. The Bertz CT molecular complexity index is 4090. The van der Waals surface area contributed by atoms with Crippen molar-refractivity contribution in [1.82, 2.24) is 85.4 Å². The van der Waals surface area contributed by atoms with E-state index in [1.54, 1.807) is 32.9 Å². The molecule has 43 nitrogen and oxygen atoms in total. The van der Waals surface area contributed by atoms with Crippen LogP contribution >= 0.6 is 30.7 Å². The van der Waals surface area contributed by atoms with Crippen LogP contribution in [-0.4, -0.2) is 328 Å². The number of morpholine rings is 4. The Balaban J connectivity index is 0.938. The number of carbonyl (C=O) groups excluding carboxylic acids is 1. The molecule has 5 aliphatic rings. The molecule has 0 bridgehead atoms. The van der Waals surface area contributed by atoms with Crippen LogP contribution in [0.15, 0.2) is 73.0 Å². The molecule has 0 radical (unpaired) electrons. The average Bonchev–Trinajstić information content (AvgIpc) is 0.783. The van der Waals surface area contributed by atoms with E-state index in [-0.39, 0.29) is 135 Å². The van der Waals surface area contributed by atoms with Crippen LogP contribution in [0.5, 0.6) is 0 Å². The minimum atomic E-state index is -4.40. The summed E-state index contributed by atoms with van der Waals surface area (Å²) >= 11 is 0. The number of nitrogens with two attached hydrogens (primary N) is 3. The summed E-state index contributed by atoms with van der Waals surface area (Å²) in [5.74, 6) is -0.123. The van der Waals surface area contributed by atoms with Crippen molar-refractivity contribution in [3.05, 3.63) is 101 Å². The molecule has 4 aromatic rings. The van der Waals surface area contributed by atoms with Crippen molar-refractivity contribution in [1.29, 1.82) is 0 Å². The Kier molecular flexibility index (Phi) is 28.9. The molecule has 5 saturated heterocycles. The Morgan fingerprint density at radius 1 is 0.495 bits per heavy atom. The summed E-state index contributed by atoms with van der Waals surface area (Å²) in [6.45, 7) is 2.51. The van der Waals surface area contributed by atoms with Gasteiger partial charge in [-0.2, -0.15) is 15.0 Å². The van der Waals surface area contributed by atoms with E-state index in [1.165, 1.54) is 113 Å². The molecule has 588 valence electrons. The van der Waals surface area contributed by atoms with Gasteiger partial charge in [0.05, 0.1) is 104 Å². The smallest absolute Gasteiger partial charge is 0.409 e. The fourth-order valence-corrected chi connectivity index (χ4v) is 20.1. The van der Waals surface area contributed by atoms with Gasteiger partial charge in [-0.25, -0.2) is 61.3 Å². The van der Waals surface area contributed by atoms with Gasteiger partial charge in [-0.05, 0) is 88.4 Å². The van der Waals surface area contributed by atoms with E-state index in [0.29, 0.717) is 13.1 Å². The number of anilines is 3. The number of hydrogen-bond donors (Lipinski definition) is 5. The zero-order chi connectivity index (χ0) is 76.3. The molecule has 105 heavy (non-hydrogen) atoms. The lowest BCUT2D eigenvalue weighted by molar-refractivity contribution is -0.142. The molecule has 8 N–H and O–H groups in total. The molecule has 47 heteroatoms. The topological polar surface area (TPSA) is 477 Å². The molecule has 0 aliphatic carbocycles. The van der Waals surface area contributed by atoms with Gasteiger partial charge in [0.2, 0.25) is 0 Å². The molecule has 5 aliphatic heterocycles. The van der Waals surface area contributed by atoms with Crippen LogP contribution in [-0.2, 0) is 69.5 Å². The van der Waals surface area contributed by atoms with Gasteiger partial charge >= 0.3 is 59.5 Å². The molecule has 4 aromatic heterocycles. The maximum atomic E-state index is 16.0. The minimum Gasteiger partial charge on any atom is -0.447 e. The summed E-state index contributed by atoms with van der Waals surface area (Å²) in [7, 11) is -4.64. The number of nitrogens with zero attached hydrogens (tertiary/aromatic N) is 17. The molecule has 12 atom stereocenters. The monoisotopic (exact) mass is 1570 g/mol. The first-order valence-electron chi connectivity index (χ1n) is 33.9. The molecule has 5 fully saturated rings. The van der Waals surface area contributed by atoms with Crippen molar-refractivity contribution >= 4 is 54.2 Å². The Hall–Kier alpha value is -5.89. The second kappa shape index (κ2) is 36.5. The zero-order valence-electron chi connectivity index (χ0n) is 60.5. The third-order valence-electron chi connectivity index (χ3n) is 17.7. The van der Waals surface area contributed by atoms with Crippen LogP contribution in [0.1, 0.15) is 38.8 Å². The Morgan fingerprint density at radius 2 is 0.838 bits per heavy atom. The predicted molar refractivity (Wildman–Crippen MR) is 379 cm³/mol. The Morgan fingerprint density at radius 3 is 1.20 bits per heavy atom. The highest BCUT2D eigenvalue weighted by molar-refractivity contribution is 7.54. The standard InChI is InChI=1S/C58H99N21O22P4/c1-41(2)71-29-42(98-50(33-71)76-15-11-46(59)62-54(76)82)37-95-103(88,67(5)6)73-31-44(100-52(34-73)78-17-13-48(61)64-56(78)84)39-96-105(90,69(9)10)75-32-45(101-53(36-75)79-18-14-49(81)65-57(79)85)40-97-104(89,68(7)8)74-30-43(99-51(35-74)77-16-12-47(60)63-55(77)83)38-94-102(87,66(3)4)72-21-19-70(20-22-72)58(86)93-28-27-92-26-25-91-24-23-80/h11-18,41-45,50-53,80H,19-40H2,1-10H3,(H2,59,62,82)(H2,60,63,83)(H2,61,64,84)(H,65,81,85)/t42-,43-,44-,45-,50+,51+,52+,53+,102?,103?,104?,105?/m0/s1. The summed E-state index contributed by atoms with van der Waals surface area (Å²) < 4.78 is 147. The third-order valence-corrected chi connectivity index (χ3v) is 27.9. The largest absolute Gasteiger partial charge is 0.447 e. The van der Waals surface area contributed by atoms with Gasteiger partial charge < -0.3 is 78.5 Å². The number of hydrogen-bond acceptors (Lipinski definition) is 29. The fourth-order valence-electron chi connectivity index (χ4n) is 12.2. The highest BCUT2D eigenvalue weighted by Crippen LogP contribution is 2.59. The lowest BCUT2D eigenvalue weighted by Crippen LogP contribution is -2.52. The number of carbonyl (C=O) groups is 1.